The molecule has 1 aromatic heterocycles. The number of Topliss-reactive ketones (excluding diaryl/α,β-unsaturated/α-hetero) is 1. The Balaban J connectivity index is 2.43. The lowest BCUT2D eigenvalue weighted by Crippen LogP contribution is -1.98. The van der Waals surface area contributed by atoms with Crippen molar-refractivity contribution in [3.63, 3.8) is 0 Å². The monoisotopic (exact) mass is 188 g/mol. The molecule has 0 fully saturated rings. The molecular weight excluding hydrogens is 180 g/mol. The first-order chi connectivity index (χ1) is 5.34. The van der Waals surface area contributed by atoms with Crippen molar-refractivity contribution >= 4 is 27.4 Å². The zero-order chi connectivity index (χ0) is 8.10. The lowest BCUT2D eigenvalue weighted by molar-refractivity contribution is 0.0992. The second-order valence-electron chi connectivity index (χ2n) is 1.83. The summed E-state index contributed by atoms with van der Waals surface area (Å²) in [5.41, 5.74) is 0. The minimum absolute atomic E-state index is 0.0503. The van der Waals surface area contributed by atoms with Crippen LogP contribution >= 0.6 is 21.6 Å². The van der Waals surface area contributed by atoms with Gasteiger partial charge < -0.3 is 4.42 Å². The fourth-order valence-electron chi connectivity index (χ4n) is 0.621. The highest BCUT2D eigenvalue weighted by molar-refractivity contribution is 8.76. The highest BCUT2D eigenvalue weighted by Gasteiger charge is 2.07. The maximum Gasteiger partial charge on any atom is 0.208 e. The molecular formula is C7H8O2S2. The van der Waals surface area contributed by atoms with Gasteiger partial charge >= 0.3 is 0 Å². The predicted octanol–water partition coefficient (Wildman–Crippen LogP) is 2.47. The highest BCUT2D eigenvalue weighted by Crippen LogP contribution is 2.18. The average molecular weight is 188 g/mol. The first-order valence-electron chi connectivity index (χ1n) is 3.07. The van der Waals surface area contributed by atoms with Gasteiger partial charge in [0.2, 0.25) is 5.78 Å². The van der Waals surface area contributed by atoms with Crippen LogP contribution in [0.25, 0.3) is 0 Å². The van der Waals surface area contributed by atoms with Gasteiger partial charge in [0, 0.05) is 0 Å². The predicted molar refractivity (Wildman–Crippen MR) is 49.0 cm³/mol. The Bertz CT molecular complexity index is 218. The number of ketones is 1. The van der Waals surface area contributed by atoms with E-state index < -0.39 is 0 Å². The molecule has 0 atom stereocenters. The molecule has 0 bridgehead atoms. The van der Waals surface area contributed by atoms with Crippen molar-refractivity contribution in [1.29, 1.82) is 0 Å². The largest absolute Gasteiger partial charge is 0.461 e. The zero-order valence-electron chi connectivity index (χ0n) is 6.07. The molecule has 0 aliphatic rings. The average Bonchev–Trinajstić information content (AvgIpc) is 2.52. The number of hydrogen-bond donors (Lipinski definition) is 0. The minimum Gasteiger partial charge on any atom is -0.461 e. The topological polar surface area (TPSA) is 30.2 Å². The van der Waals surface area contributed by atoms with E-state index in [1.807, 2.05) is 6.26 Å². The van der Waals surface area contributed by atoms with Crippen molar-refractivity contribution in [2.45, 2.75) is 0 Å². The summed E-state index contributed by atoms with van der Waals surface area (Å²) < 4.78 is 4.92. The van der Waals surface area contributed by atoms with E-state index in [0.29, 0.717) is 11.5 Å². The number of rotatable bonds is 4. The third kappa shape index (κ3) is 2.63. The molecule has 1 heterocycles. The van der Waals surface area contributed by atoms with Gasteiger partial charge in [-0.25, -0.2) is 0 Å². The van der Waals surface area contributed by atoms with Crippen molar-refractivity contribution in [3.8, 4) is 0 Å². The summed E-state index contributed by atoms with van der Waals surface area (Å²) in [6.45, 7) is 0. The molecule has 1 rings (SSSR count). The molecule has 0 N–H and O–H groups in total. The first kappa shape index (κ1) is 8.74. The molecule has 0 radical (unpaired) electrons. The van der Waals surface area contributed by atoms with Crippen LogP contribution in [0.2, 0.25) is 0 Å². The van der Waals surface area contributed by atoms with Crippen LogP contribution in [0.4, 0.5) is 0 Å². The van der Waals surface area contributed by atoms with Crippen molar-refractivity contribution in [2.75, 3.05) is 12.0 Å². The van der Waals surface area contributed by atoms with Crippen molar-refractivity contribution in [2.24, 2.45) is 0 Å². The van der Waals surface area contributed by atoms with E-state index in [9.17, 15) is 4.79 Å². The summed E-state index contributed by atoms with van der Waals surface area (Å²) in [5.74, 6) is 0.982. The van der Waals surface area contributed by atoms with Crippen LogP contribution in [0.5, 0.6) is 0 Å². The van der Waals surface area contributed by atoms with Gasteiger partial charge in [-0.3, -0.25) is 4.79 Å². The van der Waals surface area contributed by atoms with Gasteiger partial charge in [0.1, 0.15) is 0 Å². The smallest absolute Gasteiger partial charge is 0.208 e. The standard InChI is InChI=1S/C7H8O2S2/c1-10-11-5-6(8)7-3-2-4-9-7/h2-4H,5H2,1H3. The van der Waals surface area contributed by atoms with E-state index in [2.05, 4.69) is 0 Å². The Labute approximate surface area is 73.1 Å². The van der Waals surface area contributed by atoms with Crippen LogP contribution in [0, 0.1) is 0 Å². The lowest BCUT2D eigenvalue weighted by atomic mass is 10.3. The van der Waals surface area contributed by atoms with Crippen LogP contribution in [-0.2, 0) is 0 Å². The third-order valence-electron chi connectivity index (χ3n) is 1.10. The van der Waals surface area contributed by atoms with Crippen molar-refractivity contribution < 1.29 is 9.21 Å². The Morgan fingerprint density at radius 1 is 1.73 bits per heavy atom. The number of hydrogen-bond acceptors (Lipinski definition) is 4. The van der Waals surface area contributed by atoms with Crippen molar-refractivity contribution in [1.82, 2.24) is 0 Å². The van der Waals surface area contributed by atoms with E-state index in [1.165, 1.54) is 17.1 Å². The third-order valence-corrected chi connectivity index (χ3v) is 2.78. The first-order valence-corrected chi connectivity index (χ1v) is 5.79. The Morgan fingerprint density at radius 2 is 2.55 bits per heavy atom. The molecule has 0 spiro atoms. The van der Waals surface area contributed by atoms with Gasteiger partial charge in [0.05, 0.1) is 12.0 Å². The van der Waals surface area contributed by atoms with E-state index in [-0.39, 0.29) is 5.78 Å². The SMILES string of the molecule is CSSCC(=O)c1ccco1. The summed E-state index contributed by atoms with van der Waals surface area (Å²) in [5, 5.41) is 0. The van der Waals surface area contributed by atoms with E-state index in [4.69, 9.17) is 4.42 Å². The highest BCUT2D eigenvalue weighted by atomic mass is 33.1. The minimum atomic E-state index is 0.0503. The van der Waals surface area contributed by atoms with Gasteiger partial charge in [0.15, 0.2) is 5.76 Å². The Morgan fingerprint density at radius 3 is 3.09 bits per heavy atom. The fraction of sp³-hybridized carbons (Fsp3) is 0.286. The second kappa shape index (κ2) is 4.51. The fourth-order valence-corrected chi connectivity index (χ4v) is 1.66. The van der Waals surface area contributed by atoms with E-state index in [0.717, 1.165) is 0 Å². The quantitative estimate of drug-likeness (QED) is 0.536. The number of carbonyl (C=O) groups is 1. The molecule has 1 aromatic rings. The van der Waals surface area contributed by atoms with Crippen molar-refractivity contribution in [3.05, 3.63) is 24.2 Å². The van der Waals surface area contributed by atoms with Crippen LogP contribution in [0.1, 0.15) is 10.6 Å². The second-order valence-corrected chi connectivity index (χ2v) is 4.39. The molecule has 60 valence electrons. The summed E-state index contributed by atoms with van der Waals surface area (Å²) in [6, 6.07) is 3.40. The molecule has 4 heteroatoms. The van der Waals surface area contributed by atoms with E-state index in [1.54, 1.807) is 22.9 Å². The van der Waals surface area contributed by atoms with Gasteiger partial charge in [-0.2, -0.15) is 0 Å². The van der Waals surface area contributed by atoms with Gasteiger partial charge in [-0.1, -0.05) is 21.6 Å². The van der Waals surface area contributed by atoms with E-state index >= 15 is 0 Å². The Kier molecular flexibility index (Phi) is 3.59. The normalized spacial score (nSPS) is 9.91. The summed E-state index contributed by atoms with van der Waals surface area (Å²) in [7, 11) is 3.10. The number of furan rings is 1. The van der Waals surface area contributed by atoms with Crippen LogP contribution in [0.15, 0.2) is 22.8 Å². The van der Waals surface area contributed by atoms with Gasteiger partial charge in [-0.05, 0) is 18.4 Å². The molecule has 0 aliphatic heterocycles. The molecule has 0 aliphatic carbocycles. The van der Waals surface area contributed by atoms with Crippen LogP contribution in [-0.4, -0.2) is 17.8 Å². The van der Waals surface area contributed by atoms with Crippen LogP contribution < -0.4 is 0 Å². The summed E-state index contributed by atoms with van der Waals surface area (Å²) in [4.78, 5) is 11.1. The molecule has 0 aromatic carbocycles. The van der Waals surface area contributed by atoms with Gasteiger partial charge in [0.25, 0.3) is 0 Å². The van der Waals surface area contributed by atoms with Crippen LogP contribution in [0.3, 0.4) is 0 Å². The lowest BCUT2D eigenvalue weighted by Gasteiger charge is -1.92. The molecule has 0 saturated carbocycles. The Hall–Kier alpha value is -0.350. The summed E-state index contributed by atoms with van der Waals surface area (Å²) >= 11 is 0. The zero-order valence-corrected chi connectivity index (χ0v) is 7.71. The molecule has 0 amide bonds. The van der Waals surface area contributed by atoms with Gasteiger partial charge in [-0.15, -0.1) is 0 Å². The molecule has 11 heavy (non-hydrogen) atoms. The molecule has 0 saturated heterocycles. The maximum atomic E-state index is 11.1. The maximum absolute atomic E-state index is 11.1. The summed E-state index contributed by atoms with van der Waals surface area (Å²) in [6.07, 6.45) is 3.46. The molecule has 0 unspecified atom stereocenters. The number of carbonyl (C=O) groups excluding carboxylic acids is 1. The molecule has 2 nitrogen and oxygen atoms in total.